The second kappa shape index (κ2) is 2.58. The molecule has 0 saturated heterocycles. The van der Waals surface area contributed by atoms with Crippen molar-refractivity contribution in [2.45, 2.75) is 6.92 Å². The molecule has 4 nitrogen and oxygen atoms in total. The maximum Gasteiger partial charge on any atom is 0.140 e. The first-order valence-electron chi connectivity index (χ1n) is 3.89. The van der Waals surface area contributed by atoms with Crippen LogP contribution in [0.4, 0.5) is 5.69 Å². The Labute approximate surface area is 75.1 Å². The summed E-state index contributed by atoms with van der Waals surface area (Å²) in [4.78, 5) is 8.32. The Bertz CT molecular complexity index is 468. The van der Waals surface area contributed by atoms with E-state index in [1.54, 1.807) is 12.3 Å². The van der Waals surface area contributed by atoms with Gasteiger partial charge in [0.05, 0.1) is 11.2 Å². The molecule has 0 aliphatic rings. The number of aromatic nitrogens is 2. The van der Waals surface area contributed by atoms with Gasteiger partial charge in [0.1, 0.15) is 17.0 Å². The van der Waals surface area contributed by atoms with Crippen LogP contribution in [0, 0.1) is 6.92 Å². The number of nitrogen functional groups attached to an aromatic ring is 1. The Morgan fingerprint density at radius 2 is 2.15 bits per heavy atom. The summed E-state index contributed by atoms with van der Waals surface area (Å²) in [6.45, 7) is 1.86. The minimum absolute atomic E-state index is 0.0469. The van der Waals surface area contributed by atoms with E-state index in [0.29, 0.717) is 11.0 Å². The number of aryl methyl sites for hydroxylation is 1. The second-order valence-corrected chi connectivity index (χ2v) is 2.88. The van der Waals surface area contributed by atoms with Gasteiger partial charge in [-0.15, -0.1) is 0 Å². The highest BCUT2D eigenvalue weighted by Gasteiger charge is 2.04. The van der Waals surface area contributed by atoms with Gasteiger partial charge in [-0.05, 0) is 19.1 Å². The number of rotatable bonds is 0. The normalized spacial score (nSPS) is 10.5. The molecule has 1 aromatic carbocycles. The zero-order valence-electron chi connectivity index (χ0n) is 7.15. The van der Waals surface area contributed by atoms with Gasteiger partial charge in [0.2, 0.25) is 0 Å². The molecule has 0 bridgehead atoms. The van der Waals surface area contributed by atoms with Crippen molar-refractivity contribution < 1.29 is 5.11 Å². The van der Waals surface area contributed by atoms with Crippen molar-refractivity contribution in [3.8, 4) is 5.75 Å². The quantitative estimate of drug-likeness (QED) is 0.466. The lowest BCUT2D eigenvalue weighted by molar-refractivity contribution is 0.478. The van der Waals surface area contributed by atoms with Crippen LogP contribution in [0.25, 0.3) is 11.0 Å². The maximum atomic E-state index is 9.29. The average molecular weight is 175 g/mol. The number of phenolic OH excluding ortho intramolecular Hbond substituents is 1. The van der Waals surface area contributed by atoms with E-state index < -0.39 is 0 Å². The summed E-state index contributed by atoms with van der Waals surface area (Å²) in [5.41, 5.74) is 7.98. The third-order valence-corrected chi connectivity index (χ3v) is 1.85. The molecule has 0 fully saturated rings. The van der Waals surface area contributed by atoms with Crippen molar-refractivity contribution in [1.29, 1.82) is 0 Å². The highest BCUT2D eigenvalue weighted by atomic mass is 16.3. The predicted molar refractivity (Wildman–Crippen MR) is 50.4 cm³/mol. The standard InChI is InChI=1S/C9H9N3O/c1-5-4-11-9-6(12-5)2-3-7(13)8(9)10/h2-4,13H,10H2,1H3. The fourth-order valence-corrected chi connectivity index (χ4v) is 1.19. The second-order valence-electron chi connectivity index (χ2n) is 2.88. The highest BCUT2D eigenvalue weighted by molar-refractivity contribution is 5.89. The number of hydrogen-bond acceptors (Lipinski definition) is 4. The predicted octanol–water partition coefficient (Wildman–Crippen LogP) is 1.23. The molecule has 0 amide bonds. The van der Waals surface area contributed by atoms with Gasteiger partial charge in [0, 0.05) is 6.20 Å². The minimum atomic E-state index is 0.0469. The SMILES string of the molecule is Cc1cnc2c(N)c(O)ccc2n1. The molecule has 4 heteroatoms. The summed E-state index contributed by atoms with van der Waals surface area (Å²) >= 11 is 0. The van der Waals surface area contributed by atoms with E-state index in [0.717, 1.165) is 5.69 Å². The summed E-state index contributed by atoms with van der Waals surface area (Å²) in [6.07, 6.45) is 1.62. The molecule has 3 N–H and O–H groups in total. The van der Waals surface area contributed by atoms with Crippen LogP contribution in [-0.2, 0) is 0 Å². The van der Waals surface area contributed by atoms with E-state index in [4.69, 9.17) is 5.73 Å². The van der Waals surface area contributed by atoms with E-state index >= 15 is 0 Å². The Balaban J connectivity index is 2.87. The van der Waals surface area contributed by atoms with Gasteiger partial charge in [-0.3, -0.25) is 4.98 Å². The van der Waals surface area contributed by atoms with Crippen LogP contribution in [0.3, 0.4) is 0 Å². The maximum absolute atomic E-state index is 9.29. The molecule has 2 aromatic rings. The highest BCUT2D eigenvalue weighted by Crippen LogP contribution is 2.26. The largest absolute Gasteiger partial charge is 0.506 e. The molecule has 0 radical (unpaired) electrons. The van der Waals surface area contributed by atoms with Gasteiger partial charge < -0.3 is 10.8 Å². The van der Waals surface area contributed by atoms with E-state index in [9.17, 15) is 5.11 Å². The van der Waals surface area contributed by atoms with Crippen molar-refractivity contribution in [3.63, 3.8) is 0 Å². The minimum Gasteiger partial charge on any atom is -0.506 e. The van der Waals surface area contributed by atoms with Crippen molar-refractivity contribution >= 4 is 16.7 Å². The number of fused-ring (bicyclic) bond motifs is 1. The van der Waals surface area contributed by atoms with E-state index in [1.807, 2.05) is 6.92 Å². The van der Waals surface area contributed by atoms with Crippen LogP contribution < -0.4 is 5.73 Å². The number of hydrogen-bond donors (Lipinski definition) is 2. The molecule has 66 valence electrons. The van der Waals surface area contributed by atoms with Gasteiger partial charge in [0.15, 0.2) is 0 Å². The Kier molecular flexibility index (Phi) is 1.55. The van der Waals surface area contributed by atoms with Crippen molar-refractivity contribution in [2.24, 2.45) is 0 Å². The van der Waals surface area contributed by atoms with Crippen LogP contribution in [-0.4, -0.2) is 15.1 Å². The van der Waals surface area contributed by atoms with Gasteiger partial charge in [0.25, 0.3) is 0 Å². The molecule has 2 rings (SSSR count). The molecule has 0 aliphatic carbocycles. The first kappa shape index (κ1) is 7.79. The van der Waals surface area contributed by atoms with Gasteiger partial charge in [-0.2, -0.15) is 0 Å². The molecular formula is C9H9N3O. The third-order valence-electron chi connectivity index (χ3n) is 1.85. The van der Waals surface area contributed by atoms with E-state index in [-0.39, 0.29) is 11.4 Å². The van der Waals surface area contributed by atoms with Crippen LogP contribution in [0.1, 0.15) is 5.69 Å². The van der Waals surface area contributed by atoms with Crippen LogP contribution in [0.15, 0.2) is 18.3 Å². The van der Waals surface area contributed by atoms with Crippen LogP contribution in [0.5, 0.6) is 5.75 Å². The number of nitrogens with zero attached hydrogens (tertiary/aromatic N) is 2. The van der Waals surface area contributed by atoms with Crippen molar-refractivity contribution in [2.75, 3.05) is 5.73 Å². The lowest BCUT2D eigenvalue weighted by Crippen LogP contribution is -1.93. The number of aromatic hydroxyl groups is 1. The molecule has 13 heavy (non-hydrogen) atoms. The summed E-state index contributed by atoms with van der Waals surface area (Å²) in [7, 11) is 0. The molecule has 0 unspecified atom stereocenters. The first-order chi connectivity index (χ1) is 6.18. The summed E-state index contributed by atoms with van der Waals surface area (Å²) in [5, 5.41) is 9.29. The van der Waals surface area contributed by atoms with Gasteiger partial charge in [-0.1, -0.05) is 0 Å². The van der Waals surface area contributed by atoms with Crippen molar-refractivity contribution in [3.05, 3.63) is 24.0 Å². The molecule has 0 saturated carbocycles. The Hall–Kier alpha value is -1.84. The summed E-state index contributed by atoms with van der Waals surface area (Å²) in [5.74, 6) is 0.0469. The summed E-state index contributed by atoms with van der Waals surface area (Å²) in [6, 6.07) is 3.22. The van der Waals surface area contributed by atoms with Gasteiger partial charge >= 0.3 is 0 Å². The smallest absolute Gasteiger partial charge is 0.140 e. The monoisotopic (exact) mass is 175 g/mol. The zero-order chi connectivity index (χ0) is 9.42. The van der Waals surface area contributed by atoms with E-state index in [2.05, 4.69) is 9.97 Å². The lowest BCUT2D eigenvalue weighted by atomic mass is 10.2. The zero-order valence-corrected chi connectivity index (χ0v) is 7.15. The number of nitrogens with two attached hydrogens (primary N) is 1. The molecule has 1 aromatic heterocycles. The Morgan fingerprint density at radius 3 is 2.92 bits per heavy atom. The molecule has 1 heterocycles. The third kappa shape index (κ3) is 1.16. The number of phenols is 1. The lowest BCUT2D eigenvalue weighted by Gasteiger charge is -2.02. The van der Waals surface area contributed by atoms with Crippen LogP contribution >= 0.6 is 0 Å². The number of benzene rings is 1. The molecule has 0 atom stereocenters. The number of anilines is 1. The van der Waals surface area contributed by atoms with Gasteiger partial charge in [-0.25, -0.2) is 4.98 Å². The first-order valence-corrected chi connectivity index (χ1v) is 3.89. The molecule has 0 spiro atoms. The van der Waals surface area contributed by atoms with E-state index in [1.165, 1.54) is 6.07 Å². The summed E-state index contributed by atoms with van der Waals surface area (Å²) < 4.78 is 0. The van der Waals surface area contributed by atoms with Crippen molar-refractivity contribution in [1.82, 2.24) is 9.97 Å². The molecule has 0 aliphatic heterocycles. The fraction of sp³-hybridized carbons (Fsp3) is 0.111. The van der Waals surface area contributed by atoms with Crippen LogP contribution in [0.2, 0.25) is 0 Å². The average Bonchev–Trinajstić information content (AvgIpc) is 2.12. The molecular weight excluding hydrogens is 166 g/mol. The topological polar surface area (TPSA) is 72.0 Å². The Morgan fingerprint density at radius 1 is 1.38 bits per heavy atom. The fourth-order valence-electron chi connectivity index (χ4n) is 1.19.